The fourth-order valence-corrected chi connectivity index (χ4v) is 3.17. The second-order valence-electron chi connectivity index (χ2n) is 3.86. The Labute approximate surface area is 89.2 Å². The van der Waals surface area contributed by atoms with Crippen LogP contribution in [-0.2, 0) is 9.47 Å². The number of hydrogen-bond donors (Lipinski definition) is 0. The summed E-state index contributed by atoms with van der Waals surface area (Å²) in [5, 5.41) is 0.974. The summed E-state index contributed by atoms with van der Waals surface area (Å²) in [5.74, 6) is 0. The standard InChI is InChI=1S/C8H12Br2O2/c1-7(4-9)5-11-6(7)8(10)2-3-12-8/h6H,2-5H2,1H3. The summed E-state index contributed by atoms with van der Waals surface area (Å²) in [7, 11) is 0. The van der Waals surface area contributed by atoms with Crippen molar-refractivity contribution in [3.63, 3.8) is 0 Å². The van der Waals surface area contributed by atoms with Crippen molar-refractivity contribution >= 4 is 31.9 Å². The maximum absolute atomic E-state index is 5.54. The monoisotopic (exact) mass is 298 g/mol. The molecule has 0 spiro atoms. The number of rotatable bonds is 2. The Kier molecular flexibility index (Phi) is 2.31. The molecule has 12 heavy (non-hydrogen) atoms. The van der Waals surface area contributed by atoms with Crippen LogP contribution in [0.15, 0.2) is 0 Å². The molecule has 3 unspecified atom stereocenters. The van der Waals surface area contributed by atoms with Crippen LogP contribution in [-0.4, -0.2) is 29.2 Å². The van der Waals surface area contributed by atoms with E-state index in [1.54, 1.807) is 0 Å². The molecule has 2 fully saturated rings. The third-order valence-electron chi connectivity index (χ3n) is 2.69. The van der Waals surface area contributed by atoms with E-state index in [9.17, 15) is 0 Å². The Morgan fingerprint density at radius 1 is 1.58 bits per heavy atom. The van der Waals surface area contributed by atoms with Gasteiger partial charge in [-0.3, -0.25) is 0 Å². The normalized spacial score (nSPS) is 52.8. The summed E-state index contributed by atoms with van der Waals surface area (Å²) in [5.41, 5.74) is 0.240. The fourth-order valence-electron chi connectivity index (χ4n) is 1.71. The van der Waals surface area contributed by atoms with Crippen molar-refractivity contribution in [1.82, 2.24) is 0 Å². The lowest BCUT2D eigenvalue weighted by Gasteiger charge is -2.56. The Morgan fingerprint density at radius 2 is 2.25 bits per heavy atom. The van der Waals surface area contributed by atoms with Crippen LogP contribution in [0, 0.1) is 5.41 Å². The summed E-state index contributed by atoms with van der Waals surface area (Å²) in [4.78, 5) is 0. The predicted molar refractivity (Wildman–Crippen MR) is 53.9 cm³/mol. The molecule has 2 saturated heterocycles. The van der Waals surface area contributed by atoms with Crippen molar-refractivity contribution < 1.29 is 9.47 Å². The van der Waals surface area contributed by atoms with Crippen molar-refractivity contribution in [1.29, 1.82) is 0 Å². The average molecular weight is 300 g/mol. The van der Waals surface area contributed by atoms with Crippen molar-refractivity contribution in [2.45, 2.75) is 24.0 Å². The zero-order valence-corrected chi connectivity index (χ0v) is 10.2. The van der Waals surface area contributed by atoms with Gasteiger partial charge in [0.05, 0.1) is 13.2 Å². The minimum atomic E-state index is -0.187. The molecule has 2 aliphatic heterocycles. The van der Waals surface area contributed by atoms with Crippen molar-refractivity contribution in [2.24, 2.45) is 5.41 Å². The van der Waals surface area contributed by atoms with Gasteiger partial charge in [-0.05, 0) is 0 Å². The van der Waals surface area contributed by atoms with Gasteiger partial charge in [0.25, 0.3) is 0 Å². The summed E-state index contributed by atoms with van der Waals surface area (Å²) >= 11 is 7.11. The first-order chi connectivity index (χ1) is 5.61. The fraction of sp³-hybridized carbons (Fsp3) is 1.00. The topological polar surface area (TPSA) is 18.5 Å². The van der Waals surface area contributed by atoms with Crippen LogP contribution < -0.4 is 0 Å². The average Bonchev–Trinajstić information content (AvgIpc) is 1.98. The molecule has 2 heterocycles. The van der Waals surface area contributed by atoms with Crippen LogP contribution >= 0.6 is 31.9 Å². The predicted octanol–water partition coefficient (Wildman–Crippen LogP) is 2.30. The molecule has 0 aromatic carbocycles. The molecule has 0 bridgehead atoms. The lowest BCUT2D eigenvalue weighted by atomic mass is 9.77. The SMILES string of the molecule is CC1(CBr)COC1C1(Br)CCO1. The summed E-state index contributed by atoms with van der Waals surface area (Å²) in [6, 6.07) is 0. The molecule has 0 radical (unpaired) electrons. The molecular formula is C8H12Br2O2. The van der Waals surface area contributed by atoms with Gasteiger partial charge in [-0.15, -0.1) is 0 Å². The van der Waals surface area contributed by atoms with Crippen LogP contribution in [0.25, 0.3) is 0 Å². The second-order valence-corrected chi connectivity index (χ2v) is 5.77. The first kappa shape index (κ1) is 9.44. The van der Waals surface area contributed by atoms with Gasteiger partial charge >= 0.3 is 0 Å². The summed E-state index contributed by atoms with van der Waals surface area (Å²) in [6.45, 7) is 3.91. The smallest absolute Gasteiger partial charge is 0.151 e. The number of hydrogen-bond acceptors (Lipinski definition) is 2. The van der Waals surface area contributed by atoms with Crippen molar-refractivity contribution in [2.75, 3.05) is 18.5 Å². The van der Waals surface area contributed by atoms with Gasteiger partial charge in [0.2, 0.25) is 0 Å². The first-order valence-electron chi connectivity index (χ1n) is 4.11. The van der Waals surface area contributed by atoms with Gasteiger partial charge in [-0.1, -0.05) is 38.8 Å². The zero-order valence-electron chi connectivity index (χ0n) is 6.98. The molecule has 4 heteroatoms. The van der Waals surface area contributed by atoms with Crippen LogP contribution in [0.2, 0.25) is 0 Å². The highest BCUT2D eigenvalue weighted by Crippen LogP contribution is 2.50. The molecule has 0 N–H and O–H groups in total. The van der Waals surface area contributed by atoms with E-state index in [-0.39, 0.29) is 16.0 Å². The van der Waals surface area contributed by atoms with Gasteiger partial charge in [-0.2, -0.15) is 0 Å². The van der Waals surface area contributed by atoms with E-state index in [4.69, 9.17) is 9.47 Å². The molecular weight excluding hydrogens is 288 g/mol. The molecule has 0 aliphatic carbocycles. The molecule has 0 amide bonds. The number of ether oxygens (including phenoxy) is 2. The third kappa shape index (κ3) is 1.19. The lowest BCUT2D eigenvalue weighted by Crippen LogP contribution is -2.65. The Bertz CT molecular complexity index is 175. The van der Waals surface area contributed by atoms with E-state index in [1.165, 1.54) is 0 Å². The second kappa shape index (κ2) is 2.94. The summed E-state index contributed by atoms with van der Waals surface area (Å²) < 4.78 is 10.8. The van der Waals surface area contributed by atoms with E-state index in [0.29, 0.717) is 0 Å². The van der Waals surface area contributed by atoms with Crippen molar-refractivity contribution in [3.05, 3.63) is 0 Å². The first-order valence-corrected chi connectivity index (χ1v) is 6.03. The zero-order chi connectivity index (χ0) is 8.82. The Hall–Kier alpha value is 0.880. The van der Waals surface area contributed by atoms with Crippen LogP contribution in [0.1, 0.15) is 13.3 Å². The quantitative estimate of drug-likeness (QED) is 0.729. The highest BCUT2D eigenvalue weighted by molar-refractivity contribution is 9.10. The van der Waals surface area contributed by atoms with E-state index in [1.807, 2.05) is 0 Å². The highest BCUT2D eigenvalue weighted by atomic mass is 79.9. The molecule has 70 valence electrons. The van der Waals surface area contributed by atoms with Crippen LogP contribution in [0.4, 0.5) is 0 Å². The minimum Gasteiger partial charge on any atom is -0.373 e. The van der Waals surface area contributed by atoms with E-state index in [2.05, 4.69) is 38.8 Å². The molecule has 0 aromatic rings. The number of alkyl halides is 2. The van der Waals surface area contributed by atoms with Gasteiger partial charge in [0.15, 0.2) is 4.51 Å². The lowest BCUT2D eigenvalue weighted by molar-refractivity contribution is -0.261. The number of halogens is 2. The van der Waals surface area contributed by atoms with E-state index < -0.39 is 0 Å². The van der Waals surface area contributed by atoms with E-state index in [0.717, 1.165) is 25.0 Å². The molecule has 0 saturated carbocycles. The largest absolute Gasteiger partial charge is 0.373 e. The molecule has 2 rings (SSSR count). The Morgan fingerprint density at radius 3 is 2.50 bits per heavy atom. The van der Waals surface area contributed by atoms with Gasteiger partial charge in [0, 0.05) is 17.2 Å². The van der Waals surface area contributed by atoms with Gasteiger partial charge in [0.1, 0.15) is 6.10 Å². The summed E-state index contributed by atoms with van der Waals surface area (Å²) in [6.07, 6.45) is 1.26. The van der Waals surface area contributed by atoms with Crippen molar-refractivity contribution in [3.8, 4) is 0 Å². The molecule has 2 aliphatic rings. The maximum Gasteiger partial charge on any atom is 0.151 e. The third-order valence-corrected chi connectivity index (χ3v) is 5.02. The highest BCUT2D eigenvalue weighted by Gasteiger charge is 2.58. The van der Waals surface area contributed by atoms with Crippen LogP contribution in [0.5, 0.6) is 0 Å². The van der Waals surface area contributed by atoms with Crippen LogP contribution in [0.3, 0.4) is 0 Å². The van der Waals surface area contributed by atoms with E-state index >= 15 is 0 Å². The minimum absolute atomic E-state index is 0.187. The molecule has 0 aromatic heterocycles. The molecule has 3 atom stereocenters. The van der Waals surface area contributed by atoms with Gasteiger partial charge in [-0.25, -0.2) is 0 Å². The Balaban J connectivity index is 2.05. The van der Waals surface area contributed by atoms with Gasteiger partial charge < -0.3 is 9.47 Å². The maximum atomic E-state index is 5.54. The molecule has 2 nitrogen and oxygen atoms in total.